The average Bonchev–Trinajstić information content (AvgIpc) is 2.95. The molecule has 0 spiro atoms. The van der Waals surface area contributed by atoms with Gasteiger partial charge in [0.25, 0.3) is 5.91 Å². The number of amides is 1. The molecule has 1 fully saturated rings. The van der Waals surface area contributed by atoms with Crippen molar-refractivity contribution in [2.75, 3.05) is 6.54 Å². The first-order chi connectivity index (χ1) is 19.7. The number of hydrogen-bond acceptors (Lipinski definition) is 5. The second-order valence-electron chi connectivity index (χ2n) is 10.2. The highest BCUT2D eigenvalue weighted by Crippen LogP contribution is 2.33. The van der Waals surface area contributed by atoms with Crippen molar-refractivity contribution in [3.8, 4) is 16.9 Å². The van der Waals surface area contributed by atoms with Crippen molar-refractivity contribution in [3.05, 3.63) is 113 Å². The number of halogens is 3. The van der Waals surface area contributed by atoms with Gasteiger partial charge in [-0.1, -0.05) is 72.3 Å². The molecule has 1 heterocycles. The summed E-state index contributed by atoms with van der Waals surface area (Å²) in [4.78, 5) is 15.3. The van der Waals surface area contributed by atoms with Crippen LogP contribution >= 0.6 is 0 Å². The molecule has 5 rings (SSSR count). The molecule has 1 unspecified atom stereocenters. The Morgan fingerprint density at radius 3 is 2.56 bits per heavy atom. The molecule has 41 heavy (non-hydrogen) atoms. The van der Waals surface area contributed by atoms with Crippen molar-refractivity contribution in [1.29, 1.82) is 0 Å². The van der Waals surface area contributed by atoms with E-state index in [1.54, 1.807) is 18.2 Å². The fourth-order valence-corrected chi connectivity index (χ4v) is 5.50. The third-order valence-electron chi connectivity index (χ3n) is 7.42. The Bertz CT molecular complexity index is 1450. The van der Waals surface area contributed by atoms with E-state index in [4.69, 9.17) is 0 Å². The number of likely N-dealkylation sites (tertiary alicyclic amines) is 1. The molecule has 0 saturated carbocycles. The molecule has 1 amide bonds. The quantitative estimate of drug-likeness (QED) is 0.303. The van der Waals surface area contributed by atoms with Crippen molar-refractivity contribution in [3.63, 3.8) is 0 Å². The highest BCUT2D eigenvalue weighted by atomic mass is 19.4. The van der Waals surface area contributed by atoms with Gasteiger partial charge in [-0.15, -0.1) is 13.2 Å². The van der Waals surface area contributed by atoms with Crippen molar-refractivity contribution in [1.82, 2.24) is 10.2 Å². The lowest BCUT2D eigenvalue weighted by atomic mass is 9.86. The first kappa shape index (κ1) is 28.6. The summed E-state index contributed by atoms with van der Waals surface area (Å²) in [6.07, 6.45) is 0.129. The predicted molar refractivity (Wildman–Crippen MR) is 148 cm³/mol. The molecule has 3 N–H and O–H groups in total. The summed E-state index contributed by atoms with van der Waals surface area (Å²) in [6, 6.07) is 21.1. The first-order valence-corrected chi connectivity index (χ1v) is 13.5. The highest BCUT2D eigenvalue weighted by molar-refractivity contribution is 5.96. The van der Waals surface area contributed by atoms with Gasteiger partial charge in [0.05, 0.1) is 0 Å². The number of nitrogens with zero attached hydrogens (tertiary/aromatic N) is 1. The zero-order valence-corrected chi connectivity index (χ0v) is 22.3. The Morgan fingerprint density at radius 1 is 1.02 bits per heavy atom. The zero-order chi connectivity index (χ0) is 29.0. The Kier molecular flexibility index (Phi) is 8.58. The Balaban J connectivity index is 1.19. The van der Waals surface area contributed by atoms with Crippen LogP contribution in [0.5, 0.6) is 5.75 Å². The summed E-state index contributed by atoms with van der Waals surface area (Å²) < 4.78 is 41.5. The fraction of sp³-hybridized carbons (Fsp3) is 0.281. The summed E-state index contributed by atoms with van der Waals surface area (Å²) in [6.45, 7) is 1.77. The SMILES string of the molecule is O=C(NCc1cccc(OC(F)(F)F)c1)C1=CCC2C(=C1)CCCN2Cc1ccc(-c2ccccc2C(O)O)cc1. The predicted octanol–water partition coefficient (Wildman–Crippen LogP) is 5.77. The molecule has 214 valence electrons. The van der Waals surface area contributed by atoms with Crippen LogP contribution in [-0.2, 0) is 17.9 Å². The van der Waals surface area contributed by atoms with Crippen molar-refractivity contribution in [2.45, 2.75) is 51.0 Å². The van der Waals surface area contributed by atoms with Gasteiger partial charge in [-0.2, -0.15) is 0 Å². The van der Waals surface area contributed by atoms with E-state index < -0.39 is 12.7 Å². The number of fused-ring (bicyclic) bond motifs is 1. The van der Waals surface area contributed by atoms with E-state index in [1.807, 2.05) is 36.4 Å². The highest BCUT2D eigenvalue weighted by Gasteiger charge is 2.31. The molecule has 1 atom stereocenters. The van der Waals surface area contributed by atoms with Gasteiger partial charge < -0.3 is 20.3 Å². The van der Waals surface area contributed by atoms with Crippen molar-refractivity contribution in [2.24, 2.45) is 0 Å². The van der Waals surface area contributed by atoms with Crippen molar-refractivity contribution >= 4 is 5.91 Å². The number of nitrogens with one attached hydrogen (secondary N) is 1. The van der Waals surface area contributed by atoms with E-state index >= 15 is 0 Å². The topological polar surface area (TPSA) is 82.0 Å². The maximum atomic E-state index is 12.9. The van der Waals surface area contributed by atoms with Crippen LogP contribution in [0.1, 0.15) is 42.2 Å². The summed E-state index contributed by atoms with van der Waals surface area (Å²) in [5.74, 6) is -0.587. The minimum atomic E-state index is -4.77. The Morgan fingerprint density at radius 2 is 1.80 bits per heavy atom. The van der Waals surface area contributed by atoms with Crippen LogP contribution in [0.15, 0.2) is 96.1 Å². The van der Waals surface area contributed by atoms with E-state index in [-0.39, 0.29) is 24.2 Å². The van der Waals surface area contributed by atoms with Crippen LogP contribution in [0.25, 0.3) is 11.1 Å². The molecular formula is C32H31F3N2O4. The number of ether oxygens (including phenoxy) is 1. The van der Waals surface area contributed by atoms with Gasteiger partial charge in [-0.3, -0.25) is 9.69 Å². The number of hydrogen-bond donors (Lipinski definition) is 3. The summed E-state index contributed by atoms with van der Waals surface area (Å²) in [5.41, 5.74) is 5.57. The largest absolute Gasteiger partial charge is 0.573 e. The van der Waals surface area contributed by atoms with Crippen LogP contribution < -0.4 is 10.1 Å². The van der Waals surface area contributed by atoms with Gasteiger partial charge in [0.2, 0.25) is 0 Å². The van der Waals surface area contributed by atoms with E-state index in [0.29, 0.717) is 23.1 Å². The van der Waals surface area contributed by atoms with Crippen LogP contribution in [-0.4, -0.2) is 40.0 Å². The molecule has 0 bridgehead atoms. The third kappa shape index (κ3) is 7.24. The Hall–Kier alpha value is -3.92. The number of alkyl halides is 3. The van der Waals surface area contributed by atoms with Crippen LogP contribution in [0.4, 0.5) is 13.2 Å². The van der Waals surface area contributed by atoms with Crippen LogP contribution in [0, 0.1) is 0 Å². The molecule has 9 heteroatoms. The van der Waals surface area contributed by atoms with Crippen LogP contribution in [0.3, 0.4) is 0 Å². The number of carbonyl (C=O) groups excluding carboxylic acids is 1. The summed E-state index contributed by atoms with van der Waals surface area (Å²) >= 11 is 0. The maximum absolute atomic E-state index is 12.9. The molecule has 1 aliphatic heterocycles. The fourth-order valence-electron chi connectivity index (χ4n) is 5.50. The first-order valence-electron chi connectivity index (χ1n) is 13.5. The second-order valence-corrected chi connectivity index (χ2v) is 10.2. The van der Waals surface area contributed by atoms with E-state index in [1.165, 1.54) is 23.8 Å². The van der Waals surface area contributed by atoms with Gasteiger partial charge in [0, 0.05) is 30.3 Å². The van der Waals surface area contributed by atoms with Gasteiger partial charge in [-0.25, -0.2) is 0 Å². The summed E-state index contributed by atoms with van der Waals surface area (Å²) in [7, 11) is 0. The minimum absolute atomic E-state index is 0.0850. The van der Waals surface area contributed by atoms with Gasteiger partial charge in [0.1, 0.15) is 5.75 Å². The lowest BCUT2D eigenvalue weighted by Crippen LogP contribution is -2.41. The molecule has 0 aromatic heterocycles. The smallest absolute Gasteiger partial charge is 0.406 e. The average molecular weight is 565 g/mol. The lowest BCUT2D eigenvalue weighted by molar-refractivity contribution is -0.274. The van der Waals surface area contributed by atoms with Gasteiger partial charge >= 0.3 is 6.36 Å². The number of rotatable bonds is 8. The molecule has 6 nitrogen and oxygen atoms in total. The normalized spacial score (nSPS) is 17.5. The van der Waals surface area contributed by atoms with E-state index in [2.05, 4.69) is 27.1 Å². The lowest BCUT2D eigenvalue weighted by Gasteiger charge is -2.39. The zero-order valence-electron chi connectivity index (χ0n) is 22.3. The van der Waals surface area contributed by atoms with Crippen molar-refractivity contribution < 1.29 is 32.9 Å². The number of benzene rings is 3. The standard InChI is InChI=1S/C32H31F3N2O4/c33-32(34,35)41-26-7-3-5-22(17-26)19-36-30(38)25-14-15-29-24(18-25)6-4-16-37(29)20-21-10-12-23(13-11-21)27-8-1-2-9-28(27)31(39)40/h1-3,5,7-14,17-18,29,31,39-40H,4,6,15-16,19-20H2,(H,36,38). The summed E-state index contributed by atoms with van der Waals surface area (Å²) in [5, 5.41) is 22.2. The molecule has 3 aromatic carbocycles. The maximum Gasteiger partial charge on any atom is 0.573 e. The van der Waals surface area contributed by atoms with Gasteiger partial charge in [0.15, 0.2) is 6.29 Å². The third-order valence-corrected chi connectivity index (χ3v) is 7.42. The molecular weight excluding hydrogens is 533 g/mol. The molecule has 2 aliphatic rings. The van der Waals surface area contributed by atoms with E-state index in [9.17, 15) is 28.2 Å². The monoisotopic (exact) mass is 564 g/mol. The van der Waals surface area contributed by atoms with E-state index in [0.717, 1.165) is 42.6 Å². The molecule has 1 aliphatic carbocycles. The van der Waals surface area contributed by atoms with Gasteiger partial charge in [-0.05, 0) is 66.3 Å². The Labute approximate surface area is 236 Å². The molecule has 3 aromatic rings. The minimum Gasteiger partial charge on any atom is -0.406 e. The molecule has 1 saturated heterocycles. The van der Waals surface area contributed by atoms with Crippen LogP contribution in [0.2, 0.25) is 0 Å². The number of aliphatic hydroxyl groups is 2. The number of piperidine rings is 1. The second kappa shape index (κ2) is 12.3. The number of aliphatic hydroxyl groups excluding tert-OH is 1. The number of carbonyl (C=O) groups is 1. The molecule has 0 radical (unpaired) electrons.